The maximum Gasteiger partial charge on any atom is 0.178 e. The molecule has 0 aliphatic rings. The summed E-state index contributed by atoms with van der Waals surface area (Å²) in [5.41, 5.74) is 0.227. The second-order valence-corrected chi connectivity index (χ2v) is 1.35. The topological polar surface area (TPSA) is 49.3 Å². The fourth-order valence-electron chi connectivity index (χ4n) is 0.331. The van der Waals surface area contributed by atoms with Crippen molar-refractivity contribution in [2.75, 3.05) is 7.05 Å². The van der Waals surface area contributed by atoms with Crippen LogP contribution in [0.1, 0.15) is 6.92 Å². The number of allylic oxidation sites excluding steroid dienone is 1. The van der Waals surface area contributed by atoms with Gasteiger partial charge >= 0.3 is 0 Å². The van der Waals surface area contributed by atoms with Crippen LogP contribution in [0.4, 0.5) is 0 Å². The summed E-state index contributed by atoms with van der Waals surface area (Å²) in [6.07, 6.45) is 0.752. The van der Waals surface area contributed by atoms with Gasteiger partial charge in [-0.05, 0) is 0 Å². The molecule has 0 aromatic heterocycles. The van der Waals surface area contributed by atoms with Gasteiger partial charge < -0.3 is 10.4 Å². The number of aliphatic hydroxyl groups excluding tert-OH is 1. The monoisotopic (exact) mass is 115 g/mol. The Morgan fingerprint density at radius 3 is 2.25 bits per heavy atom. The number of Topliss-reactive ketones (excluding diaryl/α,β-unsaturated/α-hetero) is 1. The van der Waals surface area contributed by atoms with Crippen molar-refractivity contribution in [2.45, 2.75) is 6.92 Å². The van der Waals surface area contributed by atoms with E-state index in [0.29, 0.717) is 0 Å². The second-order valence-electron chi connectivity index (χ2n) is 1.35. The van der Waals surface area contributed by atoms with Crippen LogP contribution in [0.3, 0.4) is 0 Å². The molecule has 0 saturated heterocycles. The molecule has 0 atom stereocenters. The van der Waals surface area contributed by atoms with E-state index >= 15 is 0 Å². The highest BCUT2D eigenvalue weighted by atomic mass is 16.2. The standard InChI is InChI=1S/C5H9NO2/c1-4(8)5(3-7)6-2/h3,6-7H,1-2H3/b5-3-. The summed E-state index contributed by atoms with van der Waals surface area (Å²) in [5, 5.41) is 10.8. The lowest BCUT2D eigenvalue weighted by molar-refractivity contribution is -0.114. The van der Waals surface area contributed by atoms with Gasteiger partial charge in [0.15, 0.2) is 5.78 Å². The minimum Gasteiger partial charge on any atom is -0.513 e. The number of nitrogens with one attached hydrogen (secondary N) is 1. The molecule has 3 nitrogen and oxygen atoms in total. The van der Waals surface area contributed by atoms with E-state index in [2.05, 4.69) is 5.32 Å². The molecule has 0 spiro atoms. The van der Waals surface area contributed by atoms with Crippen molar-refractivity contribution in [3.63, 3.8) is 0 Å². The van der Waals surface area contributed by atoms with Gasteiger partial charge in [-0.1, -0.05) is 0 Å². The summed E-state index contributed by atoms with van der Waals surface area (Å²) in [4.78, 5) is 10.3. The molecule has 0 rings (SSSR count). The molecule has 3 heteroatoms. The number of likely N-dealkylation sites (N-methyl/N-ethyl adjacent to an activating group) is 1. The first-order valence-corrected chi connectivity index (χ1v) is 2.25. The zero-order valence-electron chi connectivity index (χ0n) is 4.93. The van der Waals surface area contributed by atoms with Crippen LogP contribution in [0.2, 0.25) is 0 Å². The van der Waals surface area contributed by atoms with Crippen molar-refractivity contribution in [3.8, 4) is 0 Å². The van der Waals surface area contributed by atoms with E-state index in [1.165, 1.54) is 6.92 Å². The third-order valence-electron chi connectivity index (χ3n) is 0.778. The number of hydrogen-bond donors (Lipinski definition) is 2. The van der Waals surface area contributed by atoms with Crippen LogP contribution < -0.4 is 5.32 Å². The Morgan fingerprint density at radius 1 is 1.75 bits per heavy atom. The number of ketones is 1. The van der Waals surface area contributed by atoms with Crippen LogP contribution in [0.15, 0.2) is 12.0 Å². The minimum absolute atomic E-state index is 0.171. The van der Waals surface area contributed by atoms with Crippen LogP contribution in [-0.4, -0.2) is 17.9 Å². The van der Waals surface area contributed by atoms with Crippen molar-refractivity contribution in [1.29, 1.82) is 0 Å². The Kier molecular flexibility index (Phi) is 2.69. The van der Waals surface area contributed by atoms with Crippen LogP contribution in [0.25, 0.3) is 0 Å². The molecule has 0 aromatic carbocycles. The lowest BCUT2D eigenvalue weighted by Gasteiger charge is -1.95. The van der Waals surface area contributed by atoms with Gasteiger partial charge in [-0.3, -0.25) is 4.79 Å². The molecular formula is C5H9NO2. The van der Waals surface area contributed by atoms with Crippen molar-refractivity contribution in [2.24, 2.45) is 0 Å². The second kappa shape index (κ2) is 3.07. The number of hydrogen-bond acceptors (Lipinski definition) is 3. The summed E-state index contributed by atoms with van der Waals surface area (Å²) in [6.45, 7) is 1.37. The van der Waals surface area contributed by atoms with Crippen LogP contribution in [-0.2, 0) is 4.79 Å². The SMILES string of the molecule is CN/C(=C\O)C(C)=O. The predicted octanol–water partition coefficient (Wildman–Crippen LogP) is 0.194. The van der Waals surface area contributed by atoms with Gasteiger partial charge in [-0.15, -0.1) is 0 Å². The lowest BCUT2D eigenvalue weighted by atomic mass is 10.3. The van der Waals surface area contributed by atoms with Gasteiger partial charge in [0, 0.05) is 14.0 Å². The maximum atomic E-state index is 10.3. The van der Waals surface area contributed by atoms with Crippen molar-refractivity contribution >= 4 is 5.78 Å². The van der Waals surface area contributed by atoms with E-state index < -0.39 is 0 Å². The maximum absolute atomic E-state index is 10.3. The molecule has 0 unspecified atom stereocenters. The number of carbonyl (C=O) groups is 1. The summed E-state index contributed by atoms with van der Waals surface area (Å²) in [6, 6.07) is 0. The van der Waals surface area contributed by atoms with Gasteiger partial charge in [0.1, 0.15) is 12.0 Å². The van der Waals surface area contributed by atoms with Gasteiger partial charge in [-0.25, -0.2) is 0 Å². The molecule has 2 N–H and O–H groups in total. The first-order valence-electron chi connectivity index (χ1n) is 2.25. The van der Waals surface area contributed by atoms with Gasteiger partial charge in [0.2, 0.25) is 0 Å². The average Bonchev–Trinajstić information content (AvgIpc) is 1.69. The van der Waals surface area contributed by atoms with Gasteiger partial charge in [0.05, 0.1) is 0 Å². The summed E-state index contributed by atoms with van der Waals surface area (Å²) < 4.78 is 0. The average molecular weight is 115 g/mol. The molecule has 0 aliphatic heterocycles. The highest BCUT2D eigenvalue weighted by molar-refractivity contribution is 5.92. The molecule has 0 heterocycles. The van der Waals surface area contributed by atoms with E-state index in [1.807, 2.05) is 0 Å². The number of rotatable bonds is 2. The highest BCUT2D eigenvalue weighted by Crippen LogP contribution is 1.84. The Balaban J connectivity index is 3.92. The fourth-order valence-corrected chi connectivity index (χ4v) is 0.331. The quantitative estimate of drug-likeness (QED) is 0.399. The zero-order valence-corrected chi connectivity index (χ0v) is 4.93. The summed E-state index contributed by atoms with van der Waals surface area (Å²) in [5.74, 6) is -0.171. The minimum atomic E-state index is -0.171. The first kappa shape index (κ1) is 7.01. The Morgan fingerprint density at radius 2 is 2.25 bits per heavy atom. The molecule has 46 valence electrons. The Hall–Kier alpha value is -0.990. The Labute approximate surface area is 48.0 Å². The molecular weight excluding hydrogens is 106 g/mol. The van der Waals surface area contributed by atoms with E-state index in [0.717, 1.165) is 6.26 Å². The van der Waals surface area contributed by atoms with Gasteiger partial charge in [0.25, 0.3) is 0 Å². The molecule has 0 aliphatic carbocycles. The van der Waals surface area contributed by atoms with Crippen LogP contribution in [0.5, 0.6) is 0 Å². The van der Waals surface area contributed by atoms with Crippen molar-refractivity contribution < 1.29 is 9.90 Å². The molecule has 0 aromatic rings. The number of carbonyl (C=O) groups excluding carboxylic acids is 1. The van der Waals surface area contributed by atoms with Gasteiger partial charge in [-0.2, -0.15) is 0 Å². The first-order chi connectivity index (χ1) is 3.72. The highest BCUT2D eigenvalue weighted by Gasteiger charge is 1.96. The fraction of sp³-hybridized carbons (Fsp3) is 0.400. The van der Waals surface area contributed by atoms with Crippen LogP contribution >= 0.6 is 0 Å². The molecule has 0 fully saturated rings. The van der Waals surface area contributed by atoms with E-state index in [-0.39, 0.29) is 11.5 Å². The predicted molar refractivity (Wildman–Crippen MR) is 30.5 cm³/mol. The molecule has 0 bridgehead atoms. The number of aliphatic hydroxyl groups is 1. The third-order valence-corrected chi connectivity index (χ3v) is 0.778. The summed E-state index contributed by atoms with van der Waals surface area (Å²) in [7, 11) is 1.57. The summed E-state index contributed by atoms with van der Waals surface area (Å²) >= 11 is 0. The van der Waals surface area contributed by atoms with Crippen molar-refractivity contribution in [1.82, 2.24) is 5.32 Å². The smallest absolute Gasteiger partial charge is 0.178 e. The molecule has 0 saturated carbocycles. The van der Waals surface area contributed by atoms with Crippen LogP contribution in [0, 0.1) is 0 Å². The molecule has 8 heavy (non-hydrogen) atoms. The van der Waals surface area contributed by atoms with Crippen molar-refractivity contribution in [3.05, 3.63) is 12.0 Å². The zero-order chi connectivity index (χ0) is 6.57. The normalized spacial score (nSPS) is 11.0. The lowest BCUT2D eigenvalue weighted by Crippen LogP contribution is -2.12. The molecule has 0 radical (unpaired) electrons. The molecule has 0 amide bonds. The van der Waals surface area contributed by atoms with E-state index in [1.54, 1.807) is 7.05 Å². The largest absolute Gasteiger partial charge is 0.513 e. The van der Waals surface area contributed by atoms with E-state index in [4.69, 9.17) is 5.11 Å². The third kappa shape index (κ3) is 1.64. The van der Waals surface area contributed by atoms with E-state index in [9.17, 15) is 4.79 Å². The Bertz CT molecular complexity index is 118.